The number of aromatic nitrogens is 3. The van der Waals surface area contributed by atoms with Crippen molar-refractivity contribution in [1.29, 1.82) is 5.26 Å². The first-order valence-corrected chi connectivity index (χ1v) is 10.6. The highest BCUT2D eigenvalue weighted by Crippen LogP contribution is 2.31. The number of benzene rings is 3. The van der Waals surface area contributed by atoms with E-state index in [4.69, 9.17) is 11.6 Å². The van der Waals surface area contributed by atoms with Gasteiger partial charge in [0.05, 0.1) is 40.1 Å². The third-order valence-corrected chi connectivity index (χ3v) is 6.08. The van der Waals surface area contributed by atoms with Crippen molar-refractivity contribution >= 4 is 39.9 Å². The second kappa shape index (κ2) is 8.05. The normalized spacial score (nSPS) is 11.8. The van der Waals surface area contributed by atoms with Gasteiger partial charge in [-0.2, -0.15) is 10.3 Å². The highest BCUT2D eigenvalue weighted by atomic mass is 35.5. The number of rotatable bonds is 3. The number of imidazole rings is 1. The maximum atomic E-state index is 11.5. The number of aryl methyl sites for hydroxylation is 2. The van der Waals surface area contributed by atoms with Gasteiger partial charge in [0.15, 0.2) is 0 Å². The first kappa shape index (κ1) is 20.7. The van der Waals surface area contributed by atoms with Crippen LogP contribution in [0, 0.1) is 18.3 Å². The van der Waals surface area contributed by atoms with Gasteiger partial charge in [0, 0.05) is 17.5 Å². The molecule has 0 bridgehead atoms. The van der Waals surface area contributed by atoms with E-state index in [9.17, 15) is 10.1 Å². The number of amides is 1. The Balaban J connectivity index is 1.94. The third kappa shape index (κ3) is 3.39. The summed E-state index contributed by atoms with van der Waals surface area (Å²) in [7, 11) is 1.85. The van der Waals surface area contributed by atoms with Crippen molar-refractivity contribution in [3.63, 3.8) is 0 Å². The zero-order valence-corrected chi connectivity index (χ0v) is 18.7. The first-order valence-electron chi connectivity index (χ1n) is 10.3. The number of pyridine rings is 1. The molecular weight excluding hydrogens is 434 g/mol. The van der Waals surface area contributed by atoms with Gasteiger partial charge in [0.25, 0.3) is 0 Å². The van der Waals surface area contributed by atoms with Crippen LogP contribution >= 0.6 is 11.6 Å². The largest absolute Gasteiger partial charge is 0.311 e. The highest BCUT2D eigenvalue weighted by Gasteiger charge is 2.17. The molecule has 5 rings (SSSR count). The van der Waals surface area contributed by atoms with Crippen LogP contribution in [-0.2, 0) is 11.8 Å². The SMILES string of the molecule is Cc1ccc(C#N)cc1-n1c(=NC=O)n(C)c2cnc3ccc(-c4ccc(Cl)cc4)cc3c21. The molecular formula is C26H18ClN5O. The zero-order chi connectivity index (χ0) is 23.1. The van der Waals surface area contributed by atoms with Gasteiger partial charge in [-0.1, -0.05) is 35.9 Å². The van der Waals surface area contributed by atoms with E-state index in [1.807, 2.05) is 71.6 Å². The van der Waals surface area contributed by atoms with Crippen LogP contribution in [0.2, 0.25) is 5.02 Å². The molecule has 2 heterocycles. The Kier molecular flexibility index (Phi) is 5.04. The Hall–Kier alpha value is -4.21. The van der Waals surface area contributed by atoms with Crippen LogP contribution < -0.4 is 5.62 Å². The number of nitriles is 1. The molecule has 0 fully saturated rings. The van der Waals surface area contributed by atoms with Gasteiger partial charge in [0.1, 0.15) is 0 Å². The number of hydrogen-bond donors (Lipinski definition) is 0. The number of carbonyl (C=O) groups excluding carboxylic acids is 1. The zero-order valence-electron chi connectivity index (χ0n) is 18.0. The Labute approximate surface area is 194 Å². The molecule has 0 aliphatic rings. The van der Waals surface area contributed by atoms with Crippen LogP contribution in [0.1, 0.15) is 11.1 Å². The molecule has 3 aromatic carbocycles. The average molecular weight is 452 g/mol. The lowest BCUT2D eigenvalue weighted by Crippen LogP contribution is -2.24. The minimum absolute atomic E-state index is 0.449. The van der Waals surface area contributed by atoms with Gasteiger partial charge in [-0.05, 0) is 60.0 Å². The van der Waals surface area contributed by atoms with E-state index in [0.29, 0.717) is 22.6 Å². The first-order chi connectivity index (χ1) is 16.0. The fourth-order valence-electron chi connectivity index (χ4n) is 4.17. The van der Waals surface area contributed by atoms with Crippen molar-refractivity contribution < 1.29 is 4.79 Å². The Morgan fingerprint density at radius 1 is 1.06 bits per heavy atom. The van der Waals surface area contributed by atoms with Crippen LogP contribution in [0.3, 0.4) is 0 Å². The summed E-state index contributed by atoms with van der Waals surface area (Å²) in [5.74, 6) is 0. The lowest BCUT2D eigenvalue weighted by molar-refractivity contribution is -0.107. The van der Waals surface area contributed by atoms with Crippen LogP contribution in [0.5, 0.6) is 0 Å². The van der Waals surface area contributed by atoms with Crippen molar-refractivity contribution in [2.24, 2.45) is 12.0 Å². The van der Waals surface area contributed by atoms with E-state index in [1.54, 1.807) is 12.3 Å². The molecule has 0 atom stereocenters. The minimum Gasteiger partial charge on any atom is -0.311 e. The molecule has 0 unspecified atom stereocenters. The van der Waals surface area contributed by atoms with E-state index in [0.717, 1.165) is 44.3 Å². The molecule has 0 radical (unpaired) electrons. The third-order valence-electron chi connectivity index (χ3n) is 5.83. The summed E-state index contributed by atoms with van der Waals surface area (Å²) in [5.41, 5.74) is 7.24. The number of carbonyl (C=O) groups is 1. The van der Waals surface area contributed by atoms with Crippen LogP contribution in [-0.4, -0.2) is 20.5 Å². The van der Waals surface area contributed by atoms with Crippen molar-refractivity contribution in [2.45, 2.75) is 6.92 Å². The van der Waals surface area contributed by atoms with E-state index in [2.05, 4.69) is 22.1 Å². The second-order valence-electron chi connectivity index (χ2n) is 7.77. The summed E-state index contributed by atoms with van der Waals surface area (Å²) in [6.45, 7) is 1.97. The molecule has 1 amide bonds. The topological polar surface area (TPSA) is 76.0 Å². The maximum Gasteiger partial charge on any atom is 0.236 e. The average Bonchev–Trinajstić information content (AvgIpc) is 3.11. The predicted octanol–water partition coefficient (Wildman–Crippen LogP) is 5.07. The van der Waals surface area contributed by atoms with E-state index in [1.165, 1.54) is 0 Å². The summed E-state index contributed by atoms with van der Waals surface area (Å²) in [5, 5.41) is 11.1. The smallest absolute Gasteiger partial charge is 0.236 e. The highest BCUT2D eigenvalue weighted by molar-refractivity contribution is 6.30. The van der Waals surface area contributed by atoms with Crippen molar-refractivity contribution in [3.8, 4) is 22.9 Å². The lowest BCUT2D eigenvalue weighted by atomic mass is 10.0. The van der Waals surface area contributed by atoms with Crippen molar-refractivity contribution in [2.75, 3.05) is 0 Å². The molecule has 7 heteroatoms. The van der Waals surface area contributed by atoms with Gasteiger partial charge in [-0.15, -0.1) is 0 Å². The molecule has 33 heavy (non-hydrogen) atoms. The predicted molar refractivity (Wildman–Crippen MR) is 129 cm³/mol. The second-order valence-corrected chi connectivity index (χ2v) is 8.21. The number of fused-ring (bicyclic) bond motifs is 3. The summed E-state index contributed by atoms with van der Waals surface area (Å²) in [6.07, 6.45) is 2.31. The van der Waals surface area contributed by atoms with E-state index >= 15 is 0 Å². The molecule has 160 valence electrons. The standard InChI is InChI=1S/C26H18ClN5O/c1-16-3-4-17(13-28)11-23(16)32-25-21-12-19(18-5-8-20(27)9-6-18)7-10-22(21)29-14-24(25)31(2)26(32)30-15-33/h3-12,14-15H,1-2H3. The van der Waals surface area contributed by atoms with Crippen LogP contribution in [0.25, 0.3) is 38.8 Å². The molecule has 0 saturated heterocycles. The van der Waals surface area contributed by atoms with E-state index < -0.39 is 0 Å². The minimum atomic E-state index is 0.449. The molecule has 5 aromatic rings. The van der Waals surface area contributed by atoms with Gasteiger partial charge in [0.2, 0.25) is 12.0 Å². The Morgan fingerprint density at radius 3 is 2.55 bits per heavy atom. The summed E-state index contributed by atoms with van der Waals surface area (Å²) in [6, 6.07) is 21.4. The monoisotopic (exact) mass is 451 g/mol. The number of hydrogen-bond acceptors (Lipinski definition) is 3. The maximum absolute atomic E-state index is 11.5. The molecule has 2 aromatic heterocycles. The van der Waals surface area contributed by atoms with Crippen molar-refractivity contribution in [1.82, 2.24) is 14.1 Å². The Bertz CT molecular complexity index is 1670. The van der Waals surface area contributed by atoms with E-state index in [-0.39, 0.29) is 0 Å². The molecule has 0 spiro atoms. The summed E-state index contributed by atoms with van der Waals surface area (Å²) in [4.78, 5) is 20.2. The van der Waals surface area contributed by atoms with Gasteiger partial charge < -0.3 is 4.57 Å². The molecule has 6 nitrogen and oxygen atoms in total. The molecule has 0 aliphatic heterocycles. The molecule has 0 saturated carbocycles. The fourth-order valence-corrected chi connectivity index (χ4v) is 4.29. The molecule has 0 aliphatic carbocycles. The number of nitrogens with zero attached hydrogens (tertiary/aromatic N) is 5. The van der Waals surface area contributed by atoms with Crippen LogP contribution in [0.15, 0.2) is 71.9 Å². The number of halogens is 1. The van der Waals surface area contributed by atoms with Gasteiger partial charge in [-0.3, -0.25) is 14.3 Å². The lowest BCUT2D eigenvalue weighted by Gasteiger charge is -2.11. The van der Waals surface area contributed by atoms with Gasteiger partial charge in [-0.25, -0.2) is 0 Å². The molecule has 0 N–H and O–H groups in total. The van der Waals surface area contributed by atoms with Gasteiger partial charge >= 0.3 is 0 Å². The Morgan fingerprint density at radius 2 is 1.82 bits per heavy atom. The summed E-state index contributed by atoms with van der Waals surface area (Å²) >= 11 is 6.07. The van der Waals surface area contributed by atoms with Crippen molar-refractivity contribution in [3.05, 3.63) is 88.6 Å². The fraction of sp³-hybridized carbons (Fsp3) is 0.0769. The quantitative estimate of drug-likeness (QED) is 0.359. The van der Waals surface area contributed by atoms with Crippen LogP contribution in [0.4, 0.5) is 0 Å². The summed E-state index contributed by atoms with van der Waals surface area (Å²) < 4.78 is 3.76.